The van der Waals surface area contributed by atoms with Crippen LogP contribution in [0.5, 0.6) is 0 Å². The minimum absolute atomic E-state index is 0.263. The van der Waals surface area contributed by atoms with Gasteiger partial charge in [0, 0.05) is 14.2 Å². The molecule has 2 aromatic rings. The Kier molecular flexibility index (Phi) is 5.09. The van der Waals surface area contributed by atoms with Crippen molar-refractivity contribution in [2.45, 2.75) is 13.2 Å². The number of carboxylic acids is 1. The third-order valence-corrected chi connectivity index (χ3v) is 3.20. The van der Waals surface area contributed by atoms with Crippen LogP contribution >= 0.6 is 0 Å². The van der Waals surface area contributed by atoms with Gasteiger partial charge in [-0.05, 0) is 40.5 Å². The predicted octanol–water partition coefficient (Wildman–Crippen LogP) is 3.34. The first-order valence-electron chi connectivity index (χ1n) is 6.59. The molecule has 0 fully saturated rings. The highest BCUT2D eigenvalue weighted by molar-refractivity contribution is 5.89. The van der Waals surface area contributed by atoms with E-state index in [0.29, 0.717) is 13.2 Å². The second-order valence-corrected chi connectivity index (χ2v) is 4.74. The van der Waals surface area contributed by atoms with Crippen LogP contribution in [-0.4, -0.2) is 25.3 Å². The fourth-order valence-electron chi connectivity index (χ4n) is 2.28. The third-order valence-electron chi connectivity index (χ3n) is 3.20. The molecule has 0 radical (unpaired) electrons. The normalized spacial score (nSPS) is 10.6. The highest BCUT2D eigenvalue weighted by Gasteiger charge is 2.10. The molecule has 2 aromatic carbocycles. The molecule has 21 heavy (non-hydrogen) atoms. The lowest BCUT2D eigenvalue weighted by Gasteiger charge is -2.11. The van der Waals surface area contributed by atoms with Gasteiger partial charge < -0.3 is 14.6 Å². The molecule has 2 rings (SSSR count). The van der Waals surface area contributed by atoms with E-state index in [1.165, 1.54) is 0 Å². The average molecular weight is 286 g/mol. The van der Waals surface area contributed by atoms with E-state index in [9.17, 15) is 4.79 Å². The topological polar surface area (TPSA) is 55.8 Å². The van der Waals surface area contributed by atoms with Crippen LogP contribution in [0.15, 0.2) is 42.5 Å². The molecule has 4 nitrogen and oxygen atoms in total. The van der Waals surface area contributed by atoms with Crippen molar-refractivity contribution < 1.29 is 19.4 Å². The first-order chi connectivity index (χ1) is 10.2. The Morgan fingerprint density at radius 1 is 1.05 bits per heavy atom. The fraction of sp³-hybridized carbons (Fsp3) is 0.235. The fourth-order valence-corrected chi connectivity index (χ4v) is 2.28. The Morgan fingerprint density at radius 2 is 1.81 bits per heavy atom. The summed E-state index contributed by atoms with van der Waals surface area (Å²) in [4.78, 5) is 11.1. The Balaban J connectivity index is 2.46. The van der Waals surface area contributed by atoms with Gasteiger partial charge in [-0.2, -0.15) is 0 Å². The van der Waals surface area contributed by atoms with Gasteiger partial charge in [0.25, 0.3) is 0 Å². The standard InChI is InChI=1S/C17H18O4/c1-20-10-12-4-3-5-13(8-12)16-7-6-14(17(18)19)9-15(16)11-21-2/h3-9H,10-11H2,1-2H3,(H,18,19). The zero-order chi connectivity index (χ0) is 15.2. The summed E-state index contributed by atoms with van der Waals surface area (Å²) >= 11 is 0. The van der Waals surface area contributed by atoms with Gasteiger partial charge in [0.1, 0.15) is 0 Å². The summed E-state index contributed by atoms with van der Waals surface area (Å²) in [6, 6.07) is 13.1. The average Bonchev–Trinajstić information content (AvgIpc) is 2.48. The molecule has 110 valence electrons. The van der Waals surface area contributed by atoms with E-state index >= 15 is 0 Å². The van der Waals surface area contributed by atoms with E-state index in [0.717, 1.165) is 22.3 Å². The number of hydrogen-bond acceptors (Lipinski definition) is 3. The SMILES string of the molecule is COCc1cccc(-c2ccc(C(=O)O)cc2COC)c1. The van der Waals surface area contributed by atoms with E-state index < -0.39 is 5.97 Å². The molecule has 0 heterocycles. The number of methoxy groups -OCH3 is 2. The van der Waals surface area contributed by atoms with Gasteiger partial charge in [-0.15, -0.1) is 0 Å². The van der Waals surface area contributed by atoms with Gasteiger partial charge in [-0.1, -0.05) is 24.3 Å². The summed E-state index contributed by atoms with van der Waals surface area (Å²) in [5, 5.41) is 9.10. The molecule has 0 aromatic heterocycles. The van der Waals surface area contributed by atoms with Crippen LogP contribution in [0.25, 0.3) is 11.1 Å². The molecule has 0 atom stereocenters. The number of carboxylic acid groups (broad SMARTS) is 1. The molecular formula is C17H18O4. The molecule has 1 N–H and O–H groups in total. The molecule has 4 heteroatoms. The zero-order valence-electron chi connectivity index (χ0n) is 12.1. The minimum Gasteiger partial charge on any atom is -0.478 e. The van der Waals surface area contributed by atoms with Gasteiger partial charge in [-0.25, -0.2) is 4.79 Å². The number of rotatable bonds is 6. The smallest absolute Gasteiger partial charge is 0.335 e. The summed E-state index contributed by atoms with van der Waals surface area (Å²) in [5.41, 5.74) is 4.18. The molecule has 0 saturated carbocycles. The highest BCUT2D eigenvalue weighted by atomic mass is 16.5. The molecule has 0 unspecified atom stereocenters. The number of ether oxygens (including phenoxy) is 2. The monoisotopic (exact) mass is 286 g/mol. The van der Waals surface area contributed by atoms with Gasteiger partial charge in [0.15, 0.2) is 0 Å². The summed E-state index contributed by atoms with van der Waals surface area (Å²) in [6.45, 7) is 0.908. The maximum Gasteiger partial charge on any atom is 0.335 e. The van der Waals surface area contributed by atoms with Crippen molar-refractivity contribution in [3.63, 3.8) is 0 Å². The van der Waals surface area contributed by atoms with E-state index in [-0.39, 0.29) is 5.56 Å². The van der Waals surface area contributed by atoms with Crippen molar-refractivity contribution in [3.05, 3.63) is 59.2 Å². The second kappa shape index (κ2) is 7.02. The number of benzene rings is 2. The predicted molar refractivity (Wildman–Crippen MR) is 80.3 cm³/mol. The first kappa shape index (κ1) is 15.2. The summed E-state index contributed by atoms with van der Waals surface area (Å²) in [7, 11) is 3.25. The van der Waals surface area contributed by atoms with Crippen LogP contribution in [0.1, 0.15) is 21.5 Å². The molecule has 0 spiro atoms. The molecule has 0 saturated heterocycles. The zero-order valence-corrected chi connectivity index (χ0v) is 12.1. The molecule has 0 aliphatic carbocycles. The molecule has 0 aliphatic rings. The maximum atomic E-state index is 11.1. The molecule has 0 aliphatic heterocycles. The van der Waals surface area contributed by atoms with Crippen molar-refractivity contribution in [1.82, 2.24) is 0 Å². The van der Waals surface area contributed by atoms with Crippen LogP contribution in [0.2, 0.25) is 0 Å². The summed E-state index contributed by atoms with van der Waals surface area (Å²) < 4.78 is 10.3. The van der Waals surface area contributed by atoms with E-state index in [1.807, 2.05) is 30.3 Å². The van der Waals surface area contributed by atoms with Crippen LogP contribution in [0, 0.1) is 0 Å². The third kappa shape index (κ3) is 3.68. The number of carbonyl (C=O) groups is 1. The second-order valence-electron chi connectivity index (χ2n) is 4.74. The maximum absolute atomic E-state index is 11.1. The van der Waals surface area contributed by atoms with Crippen molar-refractivity contribution in [1.29, 1.82) is 0 Å². The van der Waals surface area contributed by atoms with Crippen LogP contribution in [0.4, 0.5) is 0 Å². The molecule has 0 amide bonds. The van der Waals surface area contributed by atoms with E-state index in [2.05, 4.69) is 0 Å². The lowest BCUT2D eigenvalue weighted by atomic mass is 9.96. The Morgan fingerprint density at radius 3 is 2.48 bits per heavy atom. The van der Waals surface area contributed by atoms with Gasteiger partial charge in [0.2, 0.25) is 0 Å². The van der Waals surface area contributed by atoms with Crippen LogP contribution in [0.3, 0.4) is 0 Å². The lowest BCUT2D eigenvalue weighted by Crippen LogP contribution is -2.00. The first-order valence-corrected chi connectivity index (χ1v) is 6.59. The Labute approximate surface area is 123 Å². The minimum atomic E-state index is -0.938. The number of hydrogen-bond donors (Lipinski definition) is 1. The van der Waals surface area contributed by atoms with Crippen LogP contribution < -0.4 is 0 Å². The van der Waals surface area contributed by atoms with E-state index in [4.69, 9.17) is 14.6 Å². The van der Waals surface area contributed by atoms with Crippen molar-refractivity contribution in [2.75, 3.05) is 14.2 Å². The Bertz CT molecular complexity index is 634. The van der Waals surface area contributed by atoms with Gasteiger partial charge in [0.05, 0.1) is 18.8 Å². The van der Waals surface area contributed by atoms with Crippen LogP contribution in [-0.2, 0) is 22.7 Å². The quantitative estimate of drug-likeness (QED) is 0.884. The largest absolute Gasteiger partial charge is 0.478 e. The van der Waals surface area contributed by atoms with Crippen molar-refractivity contribution in [3.8, 4) is 11.1 Å². The molecular weight excluding hydrogens is 268 g/mol. The van der Waals surface area contributed by atoms with Crippen molar-refractivity contribution in [2.24, 2.45) is 0 Å². The summed E-state index contributed by atoms with van der Waals surface area (Å²) in [6.07, 6.45) is 0. The van der Waals surface area contributed by atoms with Gasteiger partial charge in [-0.3, -0.25) is 0 Å². The van der Waals surface area contributed by atoms with Crippen molar-refractivity contribution >= 4 is 5.97 Å². The number of aromatic carboxylic acids is 1. The highest BCUT2D eigenvalue weighted by Crippen LogP contribution is 2.26. The Hall–Kier alpha value is -2.17. The van der Waals surface area contributed by atoms with Gasteiger partial charge >= 0.3 is 5.97 Å². The van der Waals surface area contributed by atoms with E-state index in [1.54, 1.807) is 26.4 Å². The summed E-state index contributed by atoms with van der Waals surface area (Å²) in [5.74, 6) is -0.938. The molecule has 0 bridgehead atoms. The lowest BCUT2D eigenvalue weighted by molar-refractivity contribution is 0.0696.